The molecule has 1 aliphatic rings. The Labute approximate surface area is 113 Å². The van der Waals surface area contributed by atoms with E-state index in [2.05, 4.69) is 10.6 Å². The van der Waals surface area contributed by atoms with Gasteiger partial charge in [0.2, 0.25) is 5.91 Å². The molecule has 1 heterocycles. The van der Waals surface area contributed by atoms with E-state index in [1.54, 1.807) is 13.1 Å². The number of carbonyl (C=O) groups excluding carboxylic acids is 1. The summed E-state index contributed by atoms with van der Waals surface area (Å²) >= 11 is 0. The number of carbonyl (C=O) groups is 1. The van der Waals surface area contributed by atoms with E-state index in [9.17, 15) is 9.18 Å². The van der Waals surface area contributed by atoms with E-state index in [0.29, 0.717) is 12.2 Å². The van der Waals surface area contributed by atoms with Crippen LogP contribution in [0.1, 0.15) is 18.4 Å². The summed E-state index contributed by atoms with van der Waals surface area (Å²) in [4.78, 5) is 13.7. The van der Waals surface area contributed by atoms with Crippen LogP contribution < -0.4 is 15.5 Å². The second-order valence-electron chi connectivity index (χ2n) is 4.78. The van der Waals surface area contributed by atoms with Gasteiger partial charge in [0, 0.05) is 20.1 Å². The van der Waals surface area contributed by atoms with Crippen molar-refractivity contribution >= 4 is 11.6 Å². The number of hydrogen-bond acceptors (Lipinski definition) is 3. The normalized spacial score (nSPS) is 18.7. The topological polar surface area (TPSA) is 44.4 Å². The lowest BCUT2D eigenvalue weighted by Gasteiger charge is -2.26. The first-order valence-electron chi connectivity index (χ1n) is 6.58. The quantitative estimate of drug-likeness (QED) is 0.861. The summed E-state index contributed by atoms with van der Waals surface area (Å²) in [5.74, 6) is -0.306. The number of nitrogens with one attached hydrogen (secondary N) is 2. The summed E-state index contributed by atoms with van der Waals surface area (Å²) in [5, 5.41) is 5.64. The zero-order valence-corrected chi connectivity index (χ0v) is 11.4. The van der Waals surface area contributed by atoms with Gasteiger partial charge in [-0.1, -0.05) is 6.07 Å². The molecule has 0 aliphatic carbocycles. The predicted octanol–water partition coefficient (Wildman–Crippen LogP) is 1.26. The first-order chi connectivity index (χ1) is 9.17. The van der Waals surface area contributed by atoms with E-state index < -0.39 is 0 Å². The molecule has 1 aromatic carbocycles. The molecule has 1 atom stereocenters. The molecule has 1 unspecified atom stereocenters. The molecule has 5 heteroatoms. The van der Waals surface area contributed by atoms with Crippen molar-refractivity contribution in [2.45, 2.75) is 25.4 Å². The van der Waals surface area contributed by atoms with Crippen molar-refractivity contribution < 1.29 is 9.18 Å². The monoisotopic (exact) mass is 265 g/mol. The maximum absolute atomic E-state index is 14.2. The van der Waals surface area contributed by atoms with E-state index in [-0.39, 0.29) is 17.8 Å². The van der Waals surface area contributed by atoms with Crippen LogP contribution in [0.5, 0.6) is 0 Å². The molecule has 19 heavy (non-hydrogen) atoms. The molecular formula is C14H20FN3O. The number of halogens is 1. The molecule has 1 amide bonds. The standard InChI is InChI=1S/C14H20FN3O/c1-16-9-10-5-6-12(11(15)8-10)18-7-3-4-13(18)14(19)17-2/h5-6,8,13,16H,3-4,7,9H2,1-2H3,(H,17,19). The van der Waals surface area contributed by atoms with Crippen LogP contribution in [0.4, 0.5) is 10.1 Å². The lowest BCUT2D eigenvalue weighted by atomic mass is 10.1. The van der Waals surface area contributed by atoms with E-state index in [1.165, 1.54) is 6.07 Å². The van der Waals surface area contributed by atoms with E-state index in [0.717, 1.165) is 24.9 Å². The highest BCUT2D eigenvalue weighted by Gasteiger charge is 2.31. The number of nitrogens with zero attached hydrogens (tertiary/aromatic N) is 1. The van der Waals surface area contributed by atoms with Crippen molar-refractivity contribution in [2.75, 3.05) is 25.5 Å². The van der Waals surface area contributed by atoms with Crippen molar-refractivity contribution in [3.8, 4) is 0 Å². The highest BCUT2D eigenvalue weighted by atomic mass is 19.1. The molecule has 2 rings (SSSR count). The molecule has 0 saturated carbocycles. The minimum absolute atomic E-state index is 0.0452. The second-order valence-corrected chi connectivity index (χ2v) is 4.78. The smallest absolute Gasteiger partial charge is 0.242 e. The molecule has 2 N–H and O–H groups in total. The van der Waals surface area contributed by atoms with Gasteiger partial charge in [0.05, 0.1) is 5.69 Å². The molecule has 104 valence electrons. The Morgan fingerprint density at radius 3 is 2.89 bits per heavy atom. The number of likely N-dealkylation sites (N-methyl/N-ethyl adjacent to an activating group) is 1. The predicted molar refractivity (Wildman–Crippen MR) is 73.6 cm³/mol. The van der Waals surface area contributed by atoms with Gasteiger partial charge in [0.25, 0.3) is 0 Å². The van der Waals surface area contributed by atoms with E-state index in [4.69, 9.17) is 0 Å². The van der Waals surface area contributed by atoms with Crippen molar-refractivity contribution in [2.24, 2.45) is 0 Å². The largest absolute Gasteiger partial charge is 0.357 e. The number of rotatable bonds is 4. The minimum Gasteiger partial charge on any atom is -0.357 e. The molecule has 0 radical (unpaired) electrons. The third-order valence-corrected chi connectivity index (χ3v) is 3.50. The van der Waals surface area contributed by atoms with Gasteiger partial charge in [0.1, 0.15) is 11.9 Å². The van der Waals surface area contributed by atoms with Crippen LogP contribution in [-0.4, -0.2) is 32.6 Å². The van der Waals surface area contributed by atoms with Gasteiger partial charge in [-0.25, -0.2) is 4.39 Å². The summed E-state index contributed by atoms with van der Waals surface area (Å²) in [6.45, 7) is 1.36. The molecule has 1 saturated heterocycles. The van der Waals surface area contributed by atoms with Crippen LogP contribution in [0, 0.1) is 5.82 Å². The first kappa shape index (κ1) is 13.8. The summed E-state index contributed by atoms with van der Waals surface area (Å²) in [7, 11) is 3.44. The highest BCUT2D eigenvalue weighted by molar-refractivity contribution is 5.85. The number of amides is 1. The van der Waals surface area contributed by atoms with Gasteiger partial charge in [-0.2, -0.15) is 0 Å². The van der Waals surface area contributed by atoms with Crippen LogP contribution >= 0.6 is 0 Å². The van der Waals surface area contributed by atoms with Gasteiger partial charge in [0.15, 0.2) is 0 Å². The Morgan fingerprint density at radius 1 is 1.47 bits per heavy atom. The highest BCUT2D eigenvalue weighted by Crippen LogP contribution is 2.28. The SMILES string of the molecule is CNCc1ccc(N2CCCC2C(=O)NC)c(F)c1. The van der Waals surface area contributed by atoms with Crippen molar-refractivity contribution in [1.29, 1.82) is 0 Å². The van der Waals surface area contributed by atoms with E-state index >= 15 is 0 Å². The lowest BCUT2D eigenvalue weighted by molar-refractivity contribution is -0.121. The van der Waals surface area contributed by atoms with Gasteiger partial charge in [-0.05, 0) is 37.6 Å². The van der Waals surface area contributed by atoms with Gasteiger partial charge < -0.3 is 15.5 Å². The Bertz CT molecular complexity index is 464. The van der Waals surface area contributed by atoms with Crippen LogP contribution in [-0.2, 0) is 11.3 Å². The van der Waals surface area contributed by atoms with Crippen LogP contribution in [0.15, 0.2) is 18.2 Å². The average molecular weight is 265 g/mol. The summed E-state index contributed by atoms with van der Waals surface area (Å²) in [6.07, 6.45) is 1.69. The summed E-state index contributed by atoms with van der Waals surface area (Å²) in [5.41, 5.74) is 1.42. The van der Waals surface area contributed by atoms with Crippen LogP contribution in [0.2, 0.25) is 0 Å². The Kier molecular flexibility index (Phi) is 4.37. The molecule has 4 nitrogen and oxygen atoms in total. The minimum atomic E-state index is -0.261. The molecule has 0 bridgehead atoms. The zero-order chi connectivity index (χ0) is 13.8. The van der Waals surface area contributed by atoms with Gasteiger partial charge >= 0.3 is 0 Å². The molecule has 0 aromatic heterocycles. The Morgan fingerprint density at radius 2 is 2.26 bits per heavy atom. The number of hydrogen-bond donors (Lipinski definition) is 2. The van der Waals surface area contributed by atoms with E-state index in [1.807, 2.05) is 18.0 Å². The third-order valence-electron chi connectivity index (χ3n) is 3.50. The van der Waals surface area contributed by atoms with Gasteiger partial charge in [-0.3, -0.25) is 4.79 Å². The zero-order valence-electron chi connectivity index (χ0n) is 11.4. The lowest BCUT2D eigenvalue weighted by Crippen LogP contribution is -2.42. The molecule has 1 aliphatic heterocycles. The van der Waals surface area contributed by atoms with Crippen molar-refractivity contribution in [1.82, 2.24) is 10.6 Å². The fourth-order valence-corrected chi connectivity index (χ4v) is 2.59. The maximum Gasteiger partial charge on any atom is 0.242 e. The third kappa shape index (κ3) is 2.87. The van der Waals surface area contributed by atoms with Crippen LogP contribution in [0.3, 0.4) is 0 Å². The average Bonchev–Trinajstić information content (AvgIpc) is 2.87. The van der Waals surface area contributed by atoms with Crippen molar-refractivity contribution in [3.05, 3.63) is 29.6 Å². The summed E-state index contributed by atoms with van der Waals surface area (Å²) < 4.78 is 14.2. The Hall–Kier alpha value is -1.62. The molecule has 1 fully saturated rings. The molecule has 1 aromatic rings. The second kappa shape index (κ2) is 6.02. The number of anilines is 1. The fraction of sp³-hybridized carbons (Fsp3) is 0.500. The fourth-order valence-electron chi connectivity index (χ4n) is 2.59. The molecule has 0 spiro atoms. The van der Waals surface area contributed by atoms with Crippen molar-refractivity contribution in [3.63, 3.8) is 0 Å². The maximum atomic E-state index is 14.2. The number of benzene rings is 1. The Balaban J connectivity index is 2.23. The molecular weight excluding hydrogens is 245 g/mol. The van der Waals surface area contributed by atoms with Gasteiger partial charge in [-0.15, -0.1) is 0 Å². The first-order valence-corrected chi connectivity index (χ1v) is 6.58. The van der Waals surface area contributed by atoms with Crippen LogP contribution in [0.25, 0.3) is 0 Å². The summed E-state index contributed by atoms with van der Waals surface area (Å²) in [6, 6.07) is 4.94.